The van der Waals surface area contributed by atoms with Crippen LogP contribution in [-0.2, 0) is 28.6 Å². The van der Waals surface area contributed by atoms with Gasteiger partial charge in [-0.2, -0.15) is 0 Å². The van der Waals surface area contributed by atoms with Gasteiger partial charge in [0.1, 0.15) is 12.6 Å². The number of ether oxygens (including phenoxy) is 3. The predicted octanol–water partition coefficient (Wildman–Crippen LogP) is 11.3. The highest BCUT2D eigenvalue weighted by molar-refractivity contribution is 5.70. The van der Waals surface area contributed by atoms with E-state index < -0.39 is 18.1 Å². The highest BCUT2D eigenvalue weighted by Gasteiger charge is 2.25. The lowest BCUT2D eigenvalue weighted by molar-refractivity contribution is -0.889. The molecule has 0 N–H and O–H groups in total. The molecule has 0 amide bonds. The van der Waals surface area contributed by atoms with Crippen molar-refractivity contribution in [3.63, 3.8) is 0 Å². The lowest BCUT2D eigenvalue weighted by Gasteiger charge is -2.34. The number of carbonyl (C=O) groups excluding carboxylic acids is 3. The molecule has 2 unspecified atom stereocenters. The van der Waals surface area contributed by atoms with Gasteiger partial charge in [-0.3, -0.25) is 9.59 Å². The number of carbonyl (C=O) groups is 3. The number of allylic oxidation sites excluding steroid dienone is 6. The molecule has 0 aromatic heterocycles. The molecule has 0 fully saturated rings. The Bertz CT molecular complexity index is 1020. The Morgan fingerprint density at radius 1 is 0.536 bits per heavy atom. The number of likely N-dealkylation sites (N-methyl/N-ethyl adjacent to an activating group) is 1. The summed E-state index contributed by atoms with van der Waals surface area (Å²) in [5, 5.41) is 11.6. The number of carboxylic acids is 1. The Balaban J connectivity index is 4.35. The SMILES string of the molecule is CCCCCCC/C=C/C=C/C=C/CCCCCCCC(=O)OCC(COCCC(C(=O)[O-])[N+](C)(C)C)OC(=O)CCCCCCCCCCCCCCCC. The Kier molecular flexibility index (Phi) is 37.7. The van der Waals surface area contributed by atoms with E-state index in [-0.39, 0.29) is 42.7 Å². The number of hydrogen-bond acceptors (Lipinski definition) is 7. The zero-order valence-electron chi connectivity index (χ0n) is 37.1. The third-order valence-corrected chi connectivity index (χ3v) is 10.3. The molecule has 0 aromatic carbocycles. The average molecular weight is 790 g/mol. The minimum atomic E-state index is -1.13. The smallest absolute Gasteiger partial charge is 0.306 e. The van der Waals surface area contributed by atoms with Gasteiger partial charge in [-0.05, 0) is 38.5 Å². The molecule has 0 heterocycles. The number of carboxylic acid groups (broad SMARTS) is 1. The lowest BCUT2D eigenvalue weighted by Crippen LogP contribution is -2.55. The average Bonchev–Trinajstić information content (AvgIpc) is 3.15. The molecule has 0 saturated heterocycles. The minimum Gasteiger partial charge on any atom is -0.544 e. The highest BCUT2D eigenvalue weighted by atomic mass is 16.6. The summed E-state index contributed by atoms with van der Waals surface area (Å²) in [4.78, 5) is 36.9. The molecular formula is C48H87NO7. The van der Waals surface area contributed by atoms with Crippen LogP contribution in [0.15, 0.2) is 36.5 Å². The molecule has 0 aromatic rings. The van der Waals surface area contributed by atoms with Crippen molar-refractivity contribution in [3.8, 4) is 0 Å². The van der Waals surface area contributed by atoms with Crippen LogP contribution in [-0.4, -0.2) is 75.5 Å². The number of esters is 2. The Hall–Kier alpha value is -2.45. The summed E-state index contributed by atoms with van der Waals surface area (Å²) in [6.45, 7) is 4.64. The summed E-state index contributed by atoms with van der Waals surface area (Å²) in [6.07, 6.45) is 44.4. The molecule has 2 atom stereocenters. The molecule has 0 radical (unpaired) electrons. The number of rotatable bonds is 41. The quantitative estimate of drug-likeness (QED) is 0.0263. The topological polar surface area (TPSA) is 102 Å². The fourth-order valence-electron chi connectivity index (χ4n) is 6.72. The van der Waals surface area contributed by atoms with E-state index in [9.17, 15) is 19.5 Å². The molecule has 56 heavy (non-hydrogen) atoms. The molecule has 0 bridgehead atoms. The monoisotopic (exact) mass is 790 g/mol. The summed E-state index contributed by atoms with van der Waals surface area (Å²) >= 11 is 0. The van der Waals surface area contributed by atoms with Gasteiger partial charge in [0.2, 0.25) is 0 Å². The molecule has 0 aliphatic rings. The van der Waals surface area contributed by atoms with Crippen molar-refractivity contribution in [1.29, 1.82) is 0 Å². The van der Waals surface area contributed by atoms with Crippen LogP contribution in [0.25, 0.3) is 0 Å². The van der Waals surface area contributed by atoms with Crippen LogP contribution in [0.3, 0.4) is 0 Å². The van der Waals surface area contributed by atoms with Crippen LogP contribution in [0.5, 0.6) is 0 Å². The maximum atomic E-state index is 12.7. The van der Waals surface area contributed by atoms with Crippen molar-refractivity contribution in [3.05, 3.63) is 36.5 Å². The van der Waals surface area contributed by atoms with Gasteiger partial charge < -0.3 is 28.6 Å². The maximum Gasteiger partial charge on any atom is 0.306 e. The first-order chi connectivity index (χ1) is 27.1. The van der Waals surface area contributed by atoms with Crippen LogP contribution in [0.1, 0.15) is 200 Å². The maximum absolute atomic E-state index is 12.7. The van der Waals surface area contributed by atoms with E-state index in [4.69, 9.17) is 14.2 Å². The van der Waals surface area contributed by atoms with Crippen molar-refractivity contribution in [2.75, 3.05) is 41.0 Å². The molecule has 0 aliphatic heterocycles. The van der Waals surface area contributed by atoms with E-state index in [0.29, 0.717) is 12.8 Å². The van der Waals surface area contributed by atoms with Crippen molar-refractivity contribution in [2.24, 2.45) is 0 Å². The summed E-state index contributed by atoms with van der Waals surface area (Å²) in [5.74, 6) is -1.75. The molecular weight excluding hydrogens is 703 g/mol. The summed E-state index contributed by atoms with van der Waals surface area (Å²) in [5.41, 5.74) is 0. The van der Waals surface area contributed by atoms with Gasteiger partial charge in [-0.25, -0.2) is 0 Å². The van der Waals surface area contributed by atoms with Gasteiger partial charge in [0.15, 0.2) is 6.10 Å². The molecule has 0 aliphatic carbocycles. The Morgan fingerprint density at radius 3 is 1.38 bits per heavy atom. The first-order valence-electron chi connectivity index (χ1n) is 23.0. The first kappa shape index (κ1) is 53.6. The first-order valence-corrected chi connectivity index (χ1v) is 23.0. The van der Waals surface area contributed by atoms with Gasteiger partial charge in [0.25, 0.3) is 0 Å². The zero-order chi connectivity index (χ0) is 41.4. The summed E-state index contributed by atoms with van der Waals surface area (Å²) < 4.78 is 17.2. The van der Waals surface area contributed by atoms with Crippen molar-refractivity contribution >= 4 is 17.9 Å². The molecule has 326 valence electrons. The number of aliphatic carboxylic acids is 1. The summed E-state index contributed by atoms with van der Waals surface area (Å²) in [6, 6.07) is -0.727. The van der Waals surface area contributed by atoms with Crippen LogP contribution in [0, 0.1) is 0 Å². The van der Waals surface area contributed by atoms with E-state index in [2.05, 4.69) is 50.3 Å². The van der Waals surface area contributed by atoms with E-state index >= 15 is 0 Å². The molecule has 8 nitrogen and oxygen atoms in total. The van der Waals surface area contributed by atoms with E-state index in [1.54, 1.807) is 21.1 Å². The number of hydrogen-bond donors (Lipinski definition) is 0. The number of unbranched alkanes of at least 4 members (excludes halogenated alkanes) is 23. The fourth-order valence-corrected chi connectivity index (χ4v) is 6.72. The molecule has 0 spiro atoms. The van der Waals surface area contributed by atoms with E-state index in [1.165, 1.54) is 103 Å². The normalized spacial score (nSPS) is 13.2. The van der Waals surface area contributed by atoms with Gasteiger partial charge >= 0.3 is 11.9 Å². The second-order valence-electron chi connectivity index (χ2n) is 16.7. The number of nitrogens with zero attached hydrogens (tertiary/aromatic N) is 1. The Morgan fingerprint density at radius 2 is 0.946 bits per heavy atom. The highest BCUT2D eigenvalue weighted by Crippen LogP contribution is 2.15. The van der Waals surface area contributed by atoms with E-state index in [1.807, 2.05) is 0 Å². The fraction of sp³-hybridized carbons (Fsp3) is 0.812. The van der Waals surface area contributed by atoms with Gasteiger partial charge in [-0.15, -0.1) is 0 Å². The largest absolute Gasteiger partial charge is 0.544 e. The van der Waals surface area contributed by atoms with Crippen molar-refractivity contribution < 1.29 is 38.2 Å². The number of quaternary nitrogens is 1. The van der Waals surface area contributed by atoms with E-state index in [0.717, 1.165) is 64.2 Å². The van der Waals surface area contributed by atoms with Crippen molar-refractivity contribution in [2.45, 2.75) is 212 Å². The second kappa shape index (κ2) is 39.4. The zero-order valence-corrected chi connectivity index (χ0v) is 37.1. The Labute approximate surface area is 344 Å². The lowest BCUT2D eigenvalue weighted by atomic mass is 10.0. The van der Waals surface area contributed by atoms with Crippen molar-refractivity contribution in [1.82, 2.24) is 0 Å². The molecule has 0 saturated carbocycles. The van der Waals surface area contributed by atoms with Gasteiger partial charge in [0.05, 0.1) is 40.3 Å². The van der Waals surface area contributed by atoms with Crippen LogP contribution >= 0.6 is 0 Å². The molecule has 8 heteroatoms. The predicted molar refractivity (Wildman–Crippen MR) is 231 cm³/mol. The summed E-state index contributed by atoms with van der Waals surface area (Å²) in [7, 11) is 5.40. The third kappa shape index (κ3) is 37.1. The van der Waals surface area contributed by atoms with Crippen LogP contribution < -0.4 is 5.11 Å². The van der Waals surface area contributed by atoms with Crippen LogP contribution in [0.4, 0.5) is 0 Å². The second-order valence-corrected chi connectivity index (χ2v) is 16.7. The molecule has 0 rings (SSSR count). The minimum absolute atomic E-state index is 0.0365. The standard InChI is InChI=1S/C48H87NO7/c1-6-8-10-12-14-16-18-20-22-23-24-25-27-28-30-32-34-36-38-46(50)55-43-44(42-54-41-40-45(48(52)53)49(3,4)5)56-47(51)39-37-35-33-31-29-26-21-19-17-15-13-11-9-7-2/h18,20,22-25,44-45H,6-17,19,21,26-43H2,1-5H3/b20-18+,23-22+,25-24+. The van der Waals surface area contributed by atoms with Crippen LogP contribution in [0.2, 0.25) is 0 Å². The third-order valence-electron chi connectivity index (χ3n) is 10.3. The van der Waals surface area contributed by atoms with Gasteiger partial charge in [0, 0.05) is 19.3 Å². The van der Waals surface area contributed by atoms with Gasteiger partial charge in [-0.1, -0.05) is 179 Å².